The van der Waals surface area contributed by atoms with Crippen molar-refractivity contribution >= 4 is 36.2 Å². The number of hydrogen-bond donors (Lipinski definition) is 1. The first-order valence-electron chi connectivity index (χ1n) is 7.45. The van der Waals surface area contributed by atoms with Gasteiger partial charge in [-0.05, 0) is 29.0 Å². The highest BCUT2D eigenvalue weighted by atomic mass is 35.5. The van der Waals surface area contributed by atoms with Gasteiger partial charge in [-0.1, -0.05) is 37.3 Å². The molecular weight excluding hydrogens is 335 g/mol. The lowest BCUT2D eigenvalue weighted by atomic mass is 10.0. The standard InChI is InChI=1S/C17H22N2S.2ClH/c1-2-14-5-7-15(8-6-14)17(16-4-3-13-20-16)19-11-9-18-10-12-19;;/h3-8,13,17-18H,2,9-12H2,1H3;2*1H/t17-;;/m1../s1. The summed E-state index contributed by atoms with van der Waals surface area (Å²) in [5.74, 6) is 0. The minimum absolute atomic E-state index is 0. The number of aryl methyl sites for hydroxylation is 1. The Labute approximate surface area is 149 Å². The molecule has 3 rings (SSSR count). The average Bonchev–Trinajstić information content (AvgIpc) is 3.03. The van der Waals surface area contributed by atoms with Crippen LogP contribution < -0.4 is 5.32 Å². The van der Waals surface area contributed by atoms with Crippen LogP contribution in [-0.4, -0.2) is 31.1 Å². The Bertz CT molecular complexity index is 522. The van der Waals surface area contributed by atoms with Gasteiger partial charge in [-0.25, -0.2) is 0 Å². The highest BCUT2D eigenvalue weighted by Crippen LogP contribution is 2.32. The number of nitrogens with one attached hydrogen (secondary N) is 1. The molecule has 1 fully saturated rings. The Hall–Kier alpha value is -0.580. The van der Waals surface area contributed by atoms with Crippen molar-refractivity contribution in [2.24, 2.45) is 0 Å². The van der Waals surface area contributed by atoms with E-state index in [0.717, 1.165) is 32.6 Å². The fourth-order valence-corrected chi connectivity index (χ4v) is 3.76. The van der Waals surface area contributed by atoms with Crippen molar-refractivity contribution in [2.45, 2.75) is 19.4 Å². The summed E-state index contributed by atoms with van der Waals surface area (Å²) in [6.45, 7) is 6.64. The van der Waals surface area contributed by atoms with Crippen LogP contribution in [0, 0.1) is 0 Å². The van der Waals surface area contributed by atoms with Gasteiger partial charge in [0.25, 0.3) is 0 Å². The average molecular weight is 359 g/mol. The van der Waals surface area contributed by atoms with Gasteiger partial charge in [-0.2, -0.15) is 0 Å². The summed E-state index contributed by atoms with van der Waals surface area (Å²) in [6, 6.07) is 14.0. The van der Waals surface area contributed by atoms with Crippen LogP contribution in [-0.2, 0) is 6.42 Å². The van der Waals surface area contributed by atoms with Gasteiger partial charge in [-0.3, -0.25) is 4.90 Å². The zero-order valence-electron chi connectivity index (χ0n) is 12.8. The minimum atomic E-state index is 0. The molecule has 1 saturated heterocycles. The third kappa shape index (κ3) is 4.46. The Morgan fingerprint density at radius 3 is 2.32 bits per heavy atom. The van der Waals surface area contributed by atoms with Gasteiger partial charge >= 0.3 is 0 Å². The SMILES string of the molecule is CCc1ccc([C@H](c2cccs2)N2CCNCC2)cc1.Cl.Cl. The second kappa shape index (κ2) is 9.53. The maximum Gasteiger partial charge on any atom is 0.0696 e. The summed E-state index contributed by atoms with van der Waals surface area (Å²) in [6.07, 6.45) is 1.11. The molecule has 2 heterocycles. The molecular formula is C17H24Cl2N2S. The molecule has 0 saturated carbocycles. The Morgan fingerprint density at radius 2 is 1.77 bits per heavy atom. The Balaban J connectivity index is 0.00000121. The van der Waals surface area contributed by atoms with Crippen molar-refractivity contribution in [3.63, 3.8) is 0 Å². The lowest BCUT2D eigenvalue weighted by molar-refractivity contribution is 0.200. The molecule has 0 spiro atoms. The maximum atomic E-state index is 3.45. The number of hydrogen-bond acceptors (Lipinski definition) is 3. The van der Waals surface area contributed by atoms with Crippen LogP contribution in [0.5, 0.6) is 0 Å². The fourth-order valence-electron chi connectivity index (χ4n) is 2.88. The molecule has 22 heavy (non-hydrogen) atoms. The van der Waals surface area contributed by atoms with E-state index in [-0.39, 0.29) is 24.8 Å². The largest absolute Gasteiger partial charge is 0.314 e. The highest BCUT2D eigenvalue weighted by molar-refractivity contribution is 7.10. The van der Waals surface area contributed by atoms with E-state index in [4.69, 9.17) is 0 Å². The normalized spacial score (nSPS) is 16.4. The van der Waals surface area contributed by atoms with Gasteiger partial charge in [0.05, 0.1) is 6.04 Å². The molecule has 122 valence electrons. The van der Waals surface area contributed by atoms with E-state index in [9.17, 15) is 0 Å². The smallest absolute Gasteiger partial charge is 0.0696 e. The molecule has 5 heteroatoms. The van der Waals surface area contributed by atoms with Gasteiger partial charge in [-0.15, -0.1) is 36.2 Å². The lowest BCUT2D eigenvalue weighted by Gasteiger charge is -2.34. The second-order valence-electron chi connectivity index (χ2n) is 5.30. The molecule has 1 atom stereocenters. The number of thiophene rings is 1. The van der Waals surface area contributed by atoms with Gasteiger partial charge in [0, 0.05) is 31.1 Å². The first-order chi connectivity index (χ1) is 9.88. The maximum absolute atomic E-state index is 3.45. The van der Waals surface area contributed by atoms with E-state index in [1.165, 1.54) is 16.0 Å². The van der Waals surface area contributed by atoms with Crippen LogP contribution in [0.2, 0.25) is 0 Å². The molecule has 0 aliphatic carbocycles. The quantitative estimate of drug-likeness (QED) is 0.882. The van der Waals surface area contributed by atoms with E-state index < -0.39 is 0 Å². The predicted octanol–water partition coefficient (Wildman–Crippen LogP) is 4.15. The molecule has 2 aromatic rings. The summed E-state index contributed by atoms with van der Waals surface area (Å²) in [5.41, 5.74) is 2.84. The summed E-state index contributed by atoms with van der Waals surface area (Å²) < 4.78 is 0. The van der Waals surface area contributed by atoms with Crippen molar-refractivity contribution in [3.8, 4) is 0 Å². The van der Waals surface area contributed by atoms with Gasteiger partial charge in [0.15, 0.2) is 0 Å². The topological polar surface area (TPSA) is 15.3 Å². The summed E-state index contributed by atoms with van der Waals surface area (Å²) in [7, 11) is 0. The van der Waals surface area contributed by atoms with Crippen molar-refractivity contribution in [3.05, 3.63) is 57.8 Å². The van der Waals surface area contributed by atoms with Crippen LogP contribution in [0.3, 0.4) is 0 Å². The molecule has 1 N–H and O–H groups in total. The number of nitrogens with zero attached hydrogens (tertiary/aromatic N) is 1. The van der Waals surface area contributed by atoms with E-state index in [1.807, 2.05) is 11.3 Å². The number of rotatable bonds is 4. The molecule has 0 amide bonds. The first-order valence-corrected chi connectivity index (χ1v) is 8.33. The number of piperazine rings is 1. The number of benzene rings is 1. The van der Waals surface area contributed by atoms with Crippen LogP contribution in [0.1, 0.15) is 29.0 Å². The zero-order chi connectivity index (χ0) is 13.8. The third-order valence-corrected chi connectivity index (χ3v) is 4.96. The monoisotopic (exact) mass is 358 g/mol. The first kappa shape index (κ1) is 19.5. The van der Waals surface area contributed by atoms with Gasteiger partial charge < -0.3 is 5.32 Å². The van der Waals surface area contributed by atoms with Crippen LogP contribution in [0.25, 0.3) is 0 Å². The highest BCUT2D eigenvalue weighted by Gasteiger charge is 2.24. The molecule has 1 aliphatic heterocycles. The summed E-state index contributed by atoms with van der Waals surface area (Å²) >= 11 is 1.87. The molecule has 1 aliphatic rings. The molecule has 0 unspecified atom stereocenters. The summed E-state index contributed by atoms with van der Waals surface area (Å²) in [4.78, 5) is 4.06. The molecule has 2 nitrogen and oxygen atoms in total. The Morgan fingerprint density at radius 1 is 1.09 bits per heavy atom. The molecule has 0 radical (unpaired) electrons. The zero-order valence-corrected chi connectivity index (χ0v) is 15.3. The predicted molar refractivity (Wildman–Crippen MR) is 101 cm³/mol. The van der Waals surface area contributed by atoms with Crippen molar-refractivity contribution in [2.75, 3.05) is 26.2 Å². The fraction of sp³-hybridized carbons (Fsp3) is 0.412. The van der Waals surface area contributed by atoms with E-state index >= 15 is 0 Å². The van der Waals surface area contributed by atoms with E-state index in [2.05, 4.69) is 58.9 Å². The Kier molecular flexibility index (Phi) is 8.44. The third-order valence-electron chi connectivity index (χ3n) is 4.03. The van der Waals surface area contributed by atoms with E-state index in [1.54, 1.807) is 0 Å². The van der Waals surface area contributed by atoms with Crippen LogP contribution >= 0.6 is 36.2 Å². The number of halogens is 2. The summed E-state index contributed by atoms with van der Waals surface area (Å²) in [5, 5.41) is 5.63. The van der Waals surface area contributed by atoms with Crippen molar-refractivity contribution < 1.29 is 0 Å². The molecule has 1 aromatic carbocycles. The molecule has 1 aromatic heterocycles. The van der Waals surface area contributed by atoms with Crippen LogP contribution in [0.15, 0.2) is 41.8 Å². The minimum Gasteiger partial charge on any atom is -0.314 e. The van der Waals surface area contributed by atoms with Crippen molar-refractivity contribution in [1.29, 1.82) is 0 Å². The van der Waals surface area contributed by atoms with E-state index in [0.29, 0.717) is 6.04 Å². The lowest BCUT2D eigenvalue weighted by Crippen LogP contribution is -2.45. The second-order valence-corrected chi connectivity index (χ2v) is 6.28. The van der Waals surface area contributed by atoms with Crippen LogP contribution in [0.4, 0.5) is 0 Å². The molecule has 0 bridgehead atoms. The van der Waals surface area contributed by atoms with Gasteiger partial charge in [0.2, 0.25) is 0 Å². The van der Waals surface area contributed by atoms with Gasteiger partial charge in [0.1, 0.15) is 0 Å². The van der Waals surface area contributed by atoms with Crippen molar-refractivity contribution in [1.82, 2.24) is 10.2 Å².